The number of rotatable bonds is 6. The average molecular weight is 338 g/mol. The van der Waals surface area contributed by atoms with E-state index in [9.17, 15) is 9.59 Å². The SMILES string of the molecule is NC(=O)CCOc1ccccc1NC(=O)c1ccc2c(c1)CCCC2. The van der Waals surface area contributed by atoms with Crippen molar-refractivity contribution in [2.24, 2.45) is 5.73 Å². The van der Waals surface area contributed by atoms with Crippen LogP contribution >= 0.6 is 0 Å². The molecule has 0 heterocycles. The smallest absolute Gasteiger partial charge is 0.255 e. The first-order valence-electron chi connectivity index (χ1n) is 8.57. The van der Waals surface area contributed by atoms with Crippen molar-refractivity contribution in [2.45, 2.75) is 32.1 Å². The van der Waals surface area contributed by atoms with Crippen LogP contribution in [0.2, 0.25) is 0 Å². The van der Waals surface area contributed by atoms with Crippen LogP contribution in [-0.2, 0) is 17.6 Å². The van der Waals surface area contributed by atoms with Crippen molar-refractivity contribution in [2.75, 3.05) is 11.9 Å². The van der Waals surface area contributed by atoms with Crippen LogP contribution in [0.25, 0.3) is 0 Å². The lowest BCUT2D eigenvalue weighted by molar-refractivity contribution is -0.118. The zero-order valence-corrected chi connectivity index (χ0v) is 14.1. The summed E-state index contributed by atoms with van der Waals surface area (Å²) in [4.78, 5) is 23.4. The number of hydrogen-bond donors (Lipinski definition) is 2. The van der Waals surface area contributed by atoms with Crippen LogP contribution in [-0.4, -0.2) is 18.4 Å². The van der Waals surface area contributed by atoms with E-state index in [1.807, 2.05) is 24.3 Å². The molecule has 0 unspecified atom stereocenters. The van der Waals surface area contributed by atoms with E-state index < -0.39 is 5.91 Å². The first-order chi connectivity index (χ1) is 12.1. The molecule has 0 atom stereocenters. The van der Waals surface area contributed by atoms with Gasteiger partial charge in [-0.1, -0.05) is 18.2 Å². The highest BCUT2D eigenvalue weighted by Crippen LogP contribution is 2.26. The molecule has 2 amide bonds. The van der Waals surface area contributed by atoms with Crippen LogP contribution in [0.5, 0.6) is 5.75 Å². The highest BCUT2D eigenvalue weighted by Gasteiger charge is 2.14. The van der Waals surface area contributed by atoms with Gasteiger partial charge in [0.2, 0.25) is 5.91 Å². The van der Waals surface area contributed by atoms with Crippen LogP contribution in [0.1, 0.15) is 40.7 Å². The normalized spacial score (nSPS) is 13.0. The molecule has 1 aliphatic rings. The van der Waals surface area contributed by atoms with Gasteiger partial charge in [0.1, 0.15) is 5.75 Å². The molecule has 3 rings (SSSR count). The number of ether oxygens (including phenoxy) is 1. The molecule has 130 valence electrons. The highest BCUT2D eigenvalue weighted by molar-refractivity contribution is 6.05. The van der Waals surface area contributed by atoms with Crippen LogP contribution in [0, 0.1) is 0 Å². The van der Waals surface area contributed by atoms with Crippen molar-refractivity contribution in [3.63, 3.8) is 0 Å². The van der Waals surface area contributed by atoms with Gasteiger partial charge in [0.25, 0.3) is 5.91 Å². The summed E-state index contributed by atoms with van der Waals surface area (Å²) in [6.45, 7) is 0.182. The number of carbonyl (C=O) groups is 2. The quantitative estimate of drug-likeness (QED) is 0.849. The van der Waals surface area contributed by atoms with Crippen molar-refractivity contribution >= 4 is 17.5 Å². The van der Waals surface area contributed by atoms with Crippen LogP contribution in [0.15, 0.2) is 42.5 Å². The van der Waals surface area contributed by atoms with E-state index in [1.165, 1.54) is 24.0 Å². The maximum atomic E-state index is 12.6. The molecule has 25 heavy (non-hydrogen) atoms. The molecule has 0 bridgehead atoms. The number of para-hydroxylation sites is 2. The minimum atomic E-state index is -0.421. The number of amides is 2. The van der Waals surface area contributed by atoms with Gasteiger partial charge in [0, 0.05) is 5.56 Å². The summed E-state index contributed by atoms with van der Waals surface area (Å²) in [7, 11) is 0. The molecule has 0 aliphatic heterocycles. The maximum Gasteiger partial charge on any atom is 0.255 e. The third-order valence-corrected chi connectivity index (χ3v) is 4.35. The fourth-order valence-corrected chi connectivity index (χ4v) is 3.03. The number of aryl methyl sites for hydroxylation is 2. The number of benzene rings is 2. The molecule has 0 saturated carbocycles. The van der Waals surface area contributed by atoms with Crippen LogP contribution < -0.4 is 15.8 Å². The zero-order valence-electron chi connectivity index (χ0n) is 14.1. The minimum Gasteiger partial charge on any atom is -0.491 e. The molecule has 0 aromatic heterocycles. The molecule has 5 nitrogen and oxygen atoms in total. The van der Waals surface area contributed by atoms with Crippen molar-refractivity contribution in [1.29, 1.82) is 0 Å². The Hall–Kier alpha value is -2.82. The lowest BCUT2D eigenvalue weighted by Crippen LogP contribution is -2.16. The zero-order chi connectivity index (χ0) is 17.6. The Morgan fingerprint density at radius 3 is 2.60 bits per heavy atom. The molecule has 0 radical (unpaired) electrons. The molecule has 2 aromatic rings. The van der Waals surface area contributed by atoms with Gasteiger partial charge in [0.05, 0.1) is 18.7 Å². The van der Waals surface area contributed by atoms with E-state index >= 15 is 0 Å². The lowest BCUT2D eigenvalue weighted by Gasteiger charge is -2.17. The number of nitrogens with one attached hydrogen (secondary N) is 1. The monoisotopic (exact) mass is 338 g/mol. The molecule has 5 heteroatoms. The van der Waals surface area contributed by atoms with Gasteiger partial charge in [0.15, 0.2) is 0 Å². The standard InChI is InChI=1S/C20H22N2O3/c21-19(23)11-12-25-18-8-4-3-7-17(18)22-20(24)16-10-9-14-5-1-2-6-15(14)13-16/h3-4,7-10,13H,1-2,5-6,11-12H2,(H2,21,23)(H,22,24). The summed E-state index contributed by atoms with van der Waals surface area (Å²) in [6, 6.07) is 13.1. The molecule has 0 saturated heterocycles. The van der Waals surface area contributed by atoms with Gasteiger partial charge in [-0.15, -0.1) is 0 Å². The Morgan fingerprint density at radius 1 is 1.04 bits per heavy atom. The predicted octanol–water partition coefficient (Wildman–Crippen LogP) is 3.07. The second kappa shape index (κ2) is 7.83. The number of hydrogen-bond acceptors (Lipinski definition) is 3. The Kier molecular flexibility index (Phi) is 5.33. The van der Waals surface area contributed by atoms with E-state index in [0.29, 0.717) is 17.0 Å². The van der Waals surface area contributed by atoms with Gasteiger partial charge in [-0.25, -0.2) is 0 Å². The van der Waals surface area contributed by atoms with E-state index in [2.05, 4.69) is 11.4 Å². The maximum absolute atomic E-state index is 12.6. The topological polar surface area (TPSA) is 81.4 Å². The number of fused-ring (bicyclic) bond motifs is 1. The van der Waals surface area contributed by atoms with Crippen molar-refractivity contribution in [3.05, 3.63) is 59.2 Å². The number of primary amides is 1. The third-order valence-electron chi connectivity index (χ3n) is 4.35. The van der Waals surface area contributed by atoms with Gasteiger partial charge >= 0.3 is 0 Å². The summed E-state index contributed by atoms with van der Waals surface area (Å²) in [5.41, 5.74) is 8.96. The van der Waals surface area contributed by atoms with E-state index in [4.69, 9.17) is 10.5 Å². The van der Waals surface area contributed by atoms with Crippen molar-refractivity contribution < 1.29 is 14.3 Å². The first-order valence-corrected chi connectivity index (χ1v) is 8.57. The second-order valence-electron chi connectivity index (χ2n) is 6.21. The summed E-state index contributed by atoms with van der Waals surface area (Å²) in [5.74, 6) is -0.0649. The molecular formula is C20H22N2O3. The van der Waals surface area contributed by atoms with Crippen molar-refractivity contribution in [3.8, 4) is 5.75 Å². The molecule has 0 spiro atoms. The fraction of sp³-hybridized carbons (Fsp3) is 0.300. The molecular weight excluding hydrogens is 316 g/mol. The average Bonchev–Trinajstić information content (AvgIpc) is 2.62. The Bertz CT molecular complexity index is 786. The number of carbonyl (C=O) groups excluding carboxylic acids is 2. The number of nitrogens with two attached hydrogens (primary N) is 1. The second-order valence-corrected chi connectivity index (χ2v) is 6.21. The third kappa shape index (κ3) is 4.38. The Labute approximate surface area is 147 Å². The lowest BCUT2D eigenvalue weighted by atomic mass is 9.90. The molecule has 1 aliphatic carbocycles. The van der Waals surface area contributed by atoms with Crippen molar-refractivity contribution in [1.82, 2.24) is 0 Å². The highest BCUT2D eigenvalue weighted by atomic mass is 16.5. The Balaban J connectivity index is 1.71. The summed E-state index contributed by atoms with van der Waals surface area (Å²) < 4.78 is 5.56. The van der Waals surface area contributed by atoms with Crippen LogP contribution in [0.3, 0.4) is 0 Å². The van der Waals surface area contributed by atoms with Gasteiger partial charge in [-0.05, 0) is 61.1 Å². The van der Waals surface area contributed by atoms with E-state index in [0.717, 1.165) is 12.8 Å². The predicted molar refractivity (Wildman–Crippen MR) is 96.8 cm³/mol. The van der Waals surface area contributed by atoms with Gasteiger partial charge in [-0.3, -0.25) is 9.59 Å². The largest absolute Gasteiger partial charge is 0.491 e. The summed E-state index contributed by atoms with van der Waals surface area (Å²) in [6.07, 6.45) is 4.65. The van der Waals surface area contributed by atoms with E-state index in [1.54, 1.807) is 12.1 Å². The van der Waals surface area contributed by atoms with E-state index in [-0.39, 0.29) is 18.9 Å². The summed E-state index contributed by atoms with van der Waals surface area (Å²) >= 11 is 0. The minimum absolute atomic E-state index is 0.132. The Morgan fingerprint density at radius 2 is 1.80 bits per heavy atom. The van der Waals surface area contributed by atoms with Crippen LogP contribution in [0.4, 0.5) is 5.69 Å². The molecule has 2 aromatic carbocycles. The first kappa shape index (κ1) is 17.0. The number of anilines is 1. The summed E-state index contributed by atoms with van der Waals surface area (Å²) in [5, 5.41) is 2.89. The molecule has 3 N–H and O–H groups in total. The molecule has 0 fully saturated rings. The van der Waals surface area contributed by atoms with Gasteiger partial charge < -0.3 is 15.8 Å². The van der Waals surface area contributed by atoms with Gasteiger partial charge in [-0.2, -0.15) is 0 Å². The fourth-order valence-electron chi connectivity index (χ4n) is 3.03.